The van der Waals surface area contributed by atoms with Gasteiger partial charge >= 0.3 is 0 Å². The molecule has 5 nitrogen and oxygen atoms in total. The van der Waals surface area contributed by atoms with E-state index in [1.165, 1.54) is 0 Å². The van der Waals surface area contributed by atoms with Crippen LogP contribution in [-0.4, -0.2) is 43.0 Å². The van der Waals surface area contributed by atoms with Crippen LogP contribution in [0.2, 0.25) is 5.02 Å². The molecular weight excluding hydrogens is 412 g/mol. The lowest BCUT2D eigenvalue weighted by Crippen LogP contribution is -2.45. The molecular formula is C25H31ClN2O3. The van der Waals surface area contributed by atoms with Crippen molar-refractivity contribution in [1.82, 2.24) is 10.2 Å². The molecule has 1 heterocycles. The summed E-state index contributed by atoms with van der Waals surface area (Å²) in [7, 11) is 0. The van der Waals surface area contributed by atoms with E-state index in [-0.39, 0.29) is 23.1 Å². The van der Waals surface area contributed by atoms with Gasteiger partial charge in [-0.3, -0.25) is 9.59 Å². The Morgan fingerprint density at radius 3 is 2.48 bits per heavy atom. The number of rotatable bonds is 8. The minimum absolute atomic E-state index is 0.0558. The molecule has 1 fully saturated rings. The Labute approximate surface area is 189 Å². The lowest BCUT2D eigenvalue weighted by atomic mass is 9.84. The van der Waals surface area contributed by atoms with E-state index in [1.54, 1.807) is 0 Å². The summed E-state index contributed by atoms with van der Waals surface area (Å²) in [6.07, 6.45) is 1.73. The number of halogens is 1. The van der Waals surface area contributed by atoms with Crippen LogP contribution in [0.3, 0.4) is 0 Å². The summed E-state index contributed by atoms with van der Waals surface area (Å²) in [5.74, 6) is 0.859. The molecule has 2 aromatic rings. The maximum Gasteiger partial charge on any atom is 0.225 e. The quantitative estimate of drug-likeness (QED) is 0.657. The number of hydrogen-bond donors (Lipinski definition) is 1. The fourth-order valence-electron chi connectivity index (χ4n) is 3.79. The zero-order chi connectivity index (χ0) is 22.3. The highest BCUT2D eigenvalue weighted by Crippen LogP contribution is 2.25. The van der Waals surface area contributed by atoms with Gasteiger partial charge in [0.05, 0.1) is 13.0 Å². The predicted octanol–water partition coefficient (Wildman–Crippen LogP) is 4.44. The van der Waals surface area contributed by atoms with E-state index in [0.29, 0.717) is 50.5 Å². The maximum absolute atomic E-state index is 12.7. The van der Waals surface area contributed by atoms with Crippen LogP contribution in [0.4, 0.5) is 0 Å². The van der Waals surface area contributed by atoms with Crippen molar-refractivity contribution in [2.75, 3.05) is 26.2 Å². The third-order valence-electron chi connectivity index (χ3n) is 5.86. The van der Waals surface area contributed by atoms with Gasteiger partial charge in [0.15, 0.2) is 0 Å². The highest BCUT2D eigenvalue weighted by Gasteiger charge is 2.29. The molecule has 1 aliphatic heterocycles. The number of benzene rings is 2. The molecule has 0 aromatic heterocycles. The van der Waals surface area contributed by atoms with Crippen LogP contribution >= 0.6 is 11.6 Å². The number of amides is 2. The molecule has 166 valence electrons. The summed E-state index contributed by atoms with van der Waals surface area (Å²) in [6.45, 7) is 6.32. The molecule has 0 unspecified atom stereocenters. The van der Waals surface area contributed by atoms with Crippen LogP contribution in [0.15, 0.2) is 54.6 Å². The monoisotopic (exact) mass is 442 g/mol. The van der Waals surface area contributed by atoms with E-state index in [9.17, 15) is 9.59 Å². The van der Waals surface area contributed by atoms with Crippen molar-refractivity contribution >= 4 is 23.4 Å². The van der Waals surface area contributed by atoms with Gasteiger partial charge in [0.25, 0.3) is 0 Å². The Hall–Kier alpha value is -2.53. The van der Waals surface area contributed by atoms with Gasteiger partial charge in [-0.15, -0.1) is 0 Å². The minimum Gasteiger partial charge on any atom is -0.493 e. The Balaban J connectivity index is 1.39. The molecule has 1 N–H and O–H groups in total. The first kappa shape index (κ1) is 23.1. The van der Waals surface area contributed by atoms with Crippen molar-refractivity contribution in [2.45, 2.75) is 38.5 Å². The van der Waals surface area contributed by atoms with Gasteiger partial charge in [0.1, 0.15) is 5.75 Å². The van der Waals surface area contributed by atoms with Crippen LogP contribution in [0.1, 0.15) is 38.7 Å². The minimum atomic E-state index is -0.212. The molecule has 0 aliphatic carbocycles. The van der Waals surface area contributed by atoms with E-state index in [0.717, 1.165) is 11.3 Å². The predicted molar refractivity (Wildman–Crippen MR) is 123 cm³/mol. The topological polar surface area (TPSA) is 58.6 Å². The molecule has 31 heavy (non-hydrogen) atoms. The first-order chi connectivity index (χ1) is 14.8. The Morgan fingerprint density at radius 1 is 1.10 bits per heavy atom. The van der Waals surface area contributed by atoms with Crippen molar-refractivity contribution in [3.05, 3.63) is 65.2 Å². The smallest absolute Gasteiger partial charge is 0.225 e. The number of para-hydroxylation sites is 1. The van der Waals surface area contributed by atoms with Gasteiger partial charge in [-0.25, -0.2) is 0 Å². The molecule has 1 aliphatic rings. The van der Waals surface area contributed by atoms with Crippen molar-refractivity contribution in [1.29, 1.82) is 0 Å². The number of piperidine rings is 1. The average Bonchev–Trinajstić information content (AvgIpc) is 2.78. The van der Waals surface area contributed by atoms with Crippen molar-refractivity contribution in [3.8, 4) is 5.75 Å². The van der Waals surface area contributed by atoms with Crippen LogP contribution in [0.5, 0.6) is 5.75 Å². The molecule has 0 saturated carbocycles. The lowest BCUT2D eigenvalue weighted by Gasteiger charge is -2.32. The average molecular weight is 443 g/mol. The molecule has 2 aromatic carbocycles. The molecule has 0 bridgehead atoms. The summed E-state index contributed by atoms with van der Waals surface area (Å²) >= 11 is 6.11. The van der Waals surface area contributed by atoms with E-state index in [4.69, 9.17) is 16.3 Å². The van der Waals surface area contributed by atoms with E-state index in [2.05, 4.69) is 19.2 Å². The van der Waals surface area contributed by atoms with E-state index in [1.807, 2.05) is 59.5 Å². The zero-order valence-corrected chi connectivity index (χ0v) is 19.0. The molecule has 1 saturated heterocycles. The third-order valence-corrected chi connectivity index (χ3v) is 6.09. The number of carbonyl (C=O) groups excluding carboxylic acids is 2. The molecule has 0 spiro atoms. The van der Waals surface area contributed by atoms with Gasteiger partial charge in [-0.05, 0) is 42.7 Å². The molecule has 2 amide bonds. The van der Waals surface area contributed by atoms with Crippen molar-refractivity contribution < 1.29 is 14.3 Å². The van der Waals surface area contributed by atoms with E-state index < -0.39 is 0 Å². The molecule has 0 radical (unpaired) electrons. The fraction of sp³-hybridized carbons (Fsp3) is 0.440. The zero-order valence-electron chi connectivity index (χ0n) is 18.3. The van der Waals surface area contributed by atoms with E-state index >= 15 is 0 Å². The SMILES string of the molecule is CC(C)(CNC(=O)C1CCN(C(=O)CCOc2ccccc2)CC1)c1cccc(Cl)c1. The number of nitrogens with one attached hydrogen (secondary N) is 1. The maximum atomic E-state index is 12.7. The Kier molecular flexibility index (Phi) is 7.97. The summed E-state index contributed by atoms with van der Waals surface area (Å²) < 4.78 is 5.61. The number of hydrogen-bond acceptors (Lipinski definition) is 3. The summed E-state index contributed by atoms with van der Waals surface area (Å²) in [5.41, 5.74) is 0.883. The standard InChI is InChI=1S/C25H31ClN2O3/c1-25(2,20-7-6-8-21(26)17-20)18-27-24(30)19-11-14-28(15-12-19)23(29)13-16-31-22-9-4-3-5-10-22/h3-10,17,19H,11-16,18H2,1-2H3,(H,27,30). The Bertz CT molecular complexity index is 877. The van der Waals surface area contributed by atoms with Gasteiger partial charge < -0.3 is 15.0 Å². The van der Waals surface area contributed by atoms with Crippen LogP contribution in [0.25, 0.3) is 0 Å². The second-order valence-electron chi connectivity index (χ2n) is 8.68. The lowest BCUT2D eigenvalue weighted by molar-refractivity contribution is -0.136. The number of likely N-dealkylation sites (tertiary alicyclic amines) is 1. The first-order valence-electron chi connectivity index (χ1n) is 10.8. The summed E-state index contributed by atoms with van der Waals surface area (Å²) in [5, 5.41) is 3.80. The molecule has 6 heteroatoms. The van der Waals surface area contributed by atoms with Gasteiger partial charge in [0.2, 0.25) is 11.8 Å². The van der Waals surface area contributed by atoms with Crippen molar-refractivity contribution in [2.24, 2.45) is 5.92 Å². The van der Waals surface area contributed by atoms with Crippen LogP contribution in [-0.2, 0) is 15.0 Å². The number of ether oxygens (including phenoxy) is 1. The second kappa shape index (κ2) is 10.7. The number of carbonyl (C=O) groups is 2. The largest absolute Gasteiger partial charge is 0.493 e. The highest BCUT2D eigenvalue weighted by molar-refractivity contribution is 6.30. The first-order valence-corrected chi connectivity index (χ1v) is 11.2. The highest BCUT2D eigenvalue weighted by atomic mass is 35.5. The van der Waals surface area contributed by atoms with Crippen LogP contribution < -0.4 is 10.1 Å². The van der Waals surface area contributed by atoms with Gasteiger partial charge in [-0.1, -0.05) is 55.8 Å². The normalized spacial score (nSPS) is 14.9. The molecule has 0 atom stereocenters. The van der Waals surface area contributed by atoms with Crippen molar-refractivity contribution in [3.63, 3.8) is 0 Å². The van der Waals surface area contributed by atoms with Gasteiger partial charge in [0, 0.05) is 36.0 Å². The third kappa shape index (κ3) is 6.73. The fourth-order valence-corrected chi connectivity index (χ4v) is 3.98. The molecule has 3 rings (SSSR count). The summed E-state index contributed by atoms with van der Waals surface area (Å²) in [6, 6.07) is 17.2. The second-order valence-corrected chi connectivity index (χ2v) is 9.12. The van der Waals surface area contributed by atoms with Crippen LogP contribution in [0, 0.1) is 5.92 Å². The summed E-state index contributed by atoms with van der Waals surface area (Å²) in [4.78, 5) is 27.0. The Morgan fingerprint density at radius 2 is 1.81 bits per heavy atom. The number of nitrogens with zero attached hydrogens (tertiary/aromatic N) is 1. The van der Waals surface area contributed by atoms with Gasteiger partial charge in [-0.2, -0.15) is 0 Å².